The molecule has 6 N–H and O–H groups in total. The summed E-state index contributed by atoms with van der Waals surface area (Å²) in [5.41, 5.74) is 14.8. The smallest absolute Gasteiger partial charge is 0.0756 e. The van der Waals surface area contributed by atoms with Crippen LogP contribution < -0.4 is 27.0 Å². The van der Waals surface area contributed by atoms with E-state index in [1.807, 2.05) is 54.6 Å². The predicted octanol–water partition coefficient (Wildman–Crippen LogP) is 1.39. The number of benzene rings is 2. The van der Waals surface area contributed by atoms with Crippen LogP contribution in [0.25, 0.3) is 0 Å². The van der Waals surface area contributed by atoms with Crippen molar-refractivity contribution in [2.24, 2.45) is 5.73 Å². The average molecular weight is 301 g/mol. The summed E-state index contributed by atoms with van der Waals surface area (Å²) in [7, 11) is 0. The molecule has 0 spiro atoms. The number of para-hydroxylation sites is 1. The molecule has 2 aromatic rings. The first-order chi connectivity index (χ1) is 10.8. The van der Waals surface area contributed by atoms with E-state index in [0.29, 0.717) is 13.1 Å². The highest BCUT2D eigenvalue weighted by atomic mass is 16.3. The maximum Gasteiger partial charge on any atom is 0.0756 e. The maximum absolute atomic E-state index is 9.03. The Balaban J connectivity index is 2.09. The van der Waals surface area contributed by atoms with E-state index in [1.165, 1.54) is 0 Å². The summed E-state index contributed by atoms with van der Waals surface area (Å²) in [6, 6.07) is 17.8. The van der Waals surface area contributed by atoms with Crippen LogP contribution in [0.4, 0.5) is 17.1 Å². The Morgan fingerprint density at radius 3 is 2.45 bits per heavy atom. The monoisotopic (exact) mass is 301 g/mol. The lowest BCUT2D eigenvalue weighted by molar-refractivity contribution is 0.291. The summed E-state index contributed by atoms with van der Waals surface area (Å²) in [5, 5.41) is 14.1. The molecule has 0 aliphatic rings. The third-order valence-electron chi connectivity index (χ3n) is 2.97. The lowest BCUT2D eigenvalue weighted by Gasteiger charge is -2.27. The molecule has 0 radical (unpaired) electrons. The van der Waals surface area contributed by atoms with Gasteiger partial charge in [-0.1, -0.05) is 24.3 Å². The zero-order valence-electron chi connectivity index (χ0n) is 12.5. The van der Waals surface area contributed by atoms with Crippen molar-refractivity contribution in [2.75, 3.05) is 42.1 Å². The topological polar surface area (TPSA) is 85.6 Å². The summed E-state index contributed by atoms with van der Waals surface area (Å²) in [6.45, 7) is 1.83. The lowest BCUT2D eigenvalue weighted by atomic mass is 10.3. The Bertz CT molecular complexity index is 549. The van der Waals surface area contributed by atoms with Gasteiger partial charge < -0.3 is 16.2 Å². The Hall–Kier alpha value is -2.28. The van der Waals surface area contributed by atoms with Crippen molar-refractivity contribution in [3.63, 3.8) is 0 Å². The van der Waals surface area contributed by atoms with Crippen LogP contribution in [-0.2, 0) is 0 Å². The minimum Gasteiger partial charge on any atom is -0.395 e. The second-order valence-electron chi connectivity index (χ2n) is 4.71. The Morgan fingerprint density at radius 2 is 1.73 bits per heavy atom. The molecular formula is C16H23N5O. The zero-order chi connectivity index (χ0) is 15.6. The van der Waals surface area contributed by atoms with E-state index < -0.39 is 0 Å². The number of rotatable bonds is 9. The largest absolute Gasteiger partial charge is 0.395 e. The third-order valence-corrected chi connectivity index (χ3v) is 2.97. The second-order valence-corrected chi connectivity index (χ2v) is 4.71. The van der Waals surface area contributed by atoms with Gasteiger partial charge in [0.05, 0.1) is 18.0 Å². The van der Waals surface area contributed by atoms with E-state index in [9.17, 15) is 0 Å². The molecule has 0 amide bonds. The standard InChI is InChI=1S/C16H23N5O/c17-9-10-18-14-5-4-6-15(13-14)20-21(19-11-12-22)16-7-2-1-3-8-16/h1-8,13,18-20,22H,9-12,17H2. The van der Waals surface area contributed by atoms with Crippen LogP contribution >= 0.6 is 0 Å². The summed E-state index contributed by atoms with van der Waals surface area (Å²) in [4.78, 5) is 0. The van der Waals surface area contributed by atoms with Crippen LogP contribution in [0.15, 0.2) is 54.6 Å². The highest BCUT2D eigenvalue weighted by molar-refractivity contribution is 5.60. The molecule has 0 heterocycles. The van der Waals surface area contributed by atoms with Gasteiger partial charge in [-0.15, -0.1) is 0 Å². The molecule has 0 aliphatic carbocycles. The van der Waals surface area contributed by atoms with Gasteiger partial charge >= 0.3 is 0 Å². The lowest BCUT2D eigenvalue weighted by Crippen LogP contribution is -2.44. The van der Waals surface area contributed by atoms with E-state index in [0.717, 1.165) is 23.6 Å². The van der Waals surface area contributed by atoms with Crippen molar-refractivity contribution in [2.45, 2.75) is 0 Å². The van der Waals surface area contributed by atoms with E-state index in [2.05, 4.69) is 16.2 Å². The van der Waals surface area contributed by atoms with E-state index >= 15 is 0 Å². The number of nitrogens with two attached hydrogens (primary N) is 1. The molecule has 0 unspecified atom stereocenters. The highest BCUT2D eigenvalue weighted by Gasteiger charge is 2.05. The minimum absolute atomic E-state index is 0.0586. The Morgan fingerprint density at radius 1 is 0.955 bits per heavy atom. The van der Waals surface area contributed by atoms with Gasteiger partial charge in [0.1, 0.15) is 0 Å². The third kappa shape index (κ3) is 4.92. The fraction of sp³-hybridized carbons (Fsp3) is 0.250. The first-order valence-corrected chi connectivity index (χ1v) is 7.33. The molecule has 0 aliphatic heterocycles. The van der Waals surface area contributed by atoms with Gasteiger partial charge in [-0.25, -0.2) is 10.5 Å². The van der Waals surface area contributed by atoms with Gasteiger partial charge in [-0.3, -0.25) is 5.43 Å². The van der Waals surface area contributed by atoms with Crippen LogP contribution in [0.5, 0.6) is 0 Å². The van der Waals surface area contributed by atoms with Gasteiger partial charge in [0.25, 0.3) is 0 Å². The highest BCUT2D eigenvalue weighted by Crippen LogP contribution is 2.18. The Labute approximate surface area is 130 Å². The number of anilines is 3. The number of hydrogen-bond acceptors (Lipinski definition) is 6. The maximum atomic E-state index is 9.03. The molecule has 0 fully saturated rings. The van der Waals surface area contributed by atoms with Gasteiger partial charge in [0.2, 0.25) is 0 Å². The molecule has 0 atom stereocenters. The van der Waals surface area contributed by atoms with Crippen molar-refractivity contribution >= 4 is 17.1 Å². The van der Waals surface area contributed by atoms with E-state index in [-0.39, 0.29) is 6.61 Å². The quantitative estimate of drug-likeness (QED) is 0.450. The number of aliphatic hydroxyl groups is 1. The first-order valence-electron chi connectivity index (χ1n) is 7.33. The molecule has 0 bridgehead atoms. The van der Waals surface area contributed by atoms with Crippen molar-refractivity contribution in [1.29, 1.82) is 0 Å². The Kier molecular flexibility index (Phi) is 6.50. The molecule has 6 nitrogen and oxygen atoms in total. The molecule has 0 aromatic heterocycles. The van der Waals surface area contributed by atoms with Crippen LogP contribution in [0.2, 0.25) is 0 Å². The summed E-state index contributed by atoms with van der Waals surface area (Å²) in [5.74, 6) is 0. The van der Waals surface area contributed by atoms with Crippen LogP contribution in [0, 0.1) is 0 Å². The number of hydrogen-bond donors (Lipinski definition) is 5. The van der Waals surface area contributed by atoms with Crippen LogP contribution in [0.3, 0.4) is 0 Å². The molecule has 2 rings (SSSR count). The SMILES string of the molecule is NCCNc1cccc(NN(NCCO)c2ccccc2)c1. The molecule has 0 saturated heterocycles. The molecular weight excluding hydrogens is 278 g/mol. The molecule has 0 saturated carbocycles. The molecule has 2 aromatic carbocycles. The van der Waals surface area contributed by atoms with Gasteiger partial charge in [-0.2, -0.15) is 0 Å². The van der Waals surface area contributed by atoms with Gasteiger partial charge in [0.15, 0.2) is 0 Å². The first kappa shape index (κ1) is 16.1. The van der Waals surface area contributed by atoms with Crippen LogP contribution in [0.1, 0.15) is 0 Å². The normalized spacial score (nSPS) is 10.3. The van der Waals surface area contributed by atoms with Crippen LogP contribution in [-0.4, -0.2) is 31.3 Å². The van der Waals surface area contributed by atoms with Crippen molar-refractivity contribution in [1.82, 2.24) is 5.43 Å². The van der Waals surface area contributed by atoms with Crippen molar-refractivity contribution < 1.29 is 5.11 Å². The second kappa shape index (κ2) is 8.89. The molecule has 118 valence electrons. The number of hydrazine groups is 2. The fourth-order valence-corrected chi connectivity index (χ4v) is 1.98. The minimum atomic E-state index is 0.0586. The zero-order valence-corrected chi connectivity index (χ0v) is 12.5. The van der Waals surface area contributed by atoms with Crippen molar-refractivity contribution in [3.8, 4) is 0 Å². The number of aliphatic hydroxyl groups excluding tert-OH is 1. The molecule has 6 heteroatoms. The fourth-order valence-electron chi connectivity index (χ4n) is 1.98. The molecule has 22 heavy (non-hydrogen) atoms. The van der Waals surface area contributed by atoms with Crippen molar-refractivity contribution in [3.05, 3.63) is 54.6 Å². The van der Waals surface area contributed by atoms with Gasteiger partial charge in [0, 0.05) is 25.3 Å². The predicted molar refractivity (Wildman–Crippen MR) is 91.6 cm³/mol. The summed E-state index contributed by atoms with van der Waals surface area (Å²) in [6.07, 6.45) is 0. The van der Waals surface area contributed by atoms with Gasteiger partial charge in [-0.05, 0) is 30.3 Å². The number of nitrogens with one attached hydrogen (secondary N) is 3. The number of nitrogens with zero attached hydrogens (tertiary/aromatic N) is 1. The summed E-state index contributed by atoms with van der Waals surface area (Å²) >= 11 is 0. The summed E-state index contributed by atoms with van der Waals surface area (Å²) < 4.78 is 0. The average Bonchev–Trinajstić information content (AvgIpc) is 2.58. The van der Waals surface area contributed by atoms with E-state index in [1.54, 1.807) is 5.12 Å². The van der Waals surface area contributed by atoms with E-state index in [4.69, 9.17) is 10.8 Å².